The van der Waals surface area contributed by atoms with Gasteiger partial charge in [-0.05, 0) is 38.1 Å². The summed E-state index contributed by atoms with van der Waals surface area (Å²) in [5.41, 5.74) is 3.79. The van der Waals surface area contributed by atoms with E-state index in [1.165, 1.54) is 0 Å². The van der Waals surface area contributed by atoms with Gasteiger partial charge in [0, 0.05) is 16.6 Å². The molecule has 0 atom stereocenters. The van der Waals surface area contributed by atoms with Crippen molar-refractivity contribution in [2.45, 2.75) is 13.8 Å². The Morgan fingerprint density at radius 2 is 1.96 bits per heavy atom. The van der Waals surface area contributed by atoms with Crippen LogP contribution in [0.4, 0.5) is 5.69 Å². The molecular weight excluding hydrogens is 320 g/mol. The quantitative estimate of drug-likeness (QED) is 0.748. The second-order valence-electron chi connectivity index (χ2n) is 5.48. The maximum atomic E-state index is 12.1. The summed E-state index contributed by atoms with van der Waals surface area (Å²) in [6, 6.07) is 15.3. The molecule has 0 aliphatic heterocycles. The number of nitrogens with zero attached hydrogens (tertiary/aromatic N) is 1. The highest BCUT2D eigenvalue weighted by Gasteiger charge is 2.07. The SMILES string of the molecule is Cc1ccc(OCC(=O)Nc2cccc(-c3csc(C)n3)c2)cc1. The maximum Gasteiger partial charge on any atom is 0.262 e. The fourth-order valence-corrected chi connectivity index (χ4v) is 2.85. The predicted octanol–water partition coefficient (Wildman–Crippen LogP) is 4.44. The Balaban J connectivity index is 1.61. The van der Waals surface area contributed by atoms with Crippen LogP contribution in [-0.4, -0.2) is 17.5 Å². The van der Waals surface area contributed by atoms with Crippen LogP contribution in [0.2, 0.25) is 0 Å². The number of thiazole rings is 1. The number of hydrogen-bond acceptors (Lipinski definition) is 4. The van der Waals surface area contributed by atoms with E-state index in [1.807, 2.05) is 67.8 Å². The Hall–Kier alpha value is -2.66. The largest absolute Gasteiger partial charge is 0.484 e. The van der Waals surface area contributed by atoms with Gasteiger partial charge in [-0.3, -0.25) is 4.79 Å². The molecule has 2 aromatic carbocycles. The van der Waals surface area contributed by atoms with Crippen LogP contribution < -0.4 is 10.1 Å². The Kier molecular flexibility index (Phi) is 4.91. The molecule has 1 aromatic heterocycles. The van der Waals surface area contributed by atoms with Gasteiger partial charge in [0.2, 0.25) is 0 Å². The lowest BCUT2D eigenvalue weighted by molar-refractivity contribution is -0.118. The Morgan fingerprint density at radius 3 is 2.67 bits per heavy atom. The average molecular weight is 338 g/mol. The molecule has 0 saturated heterocycles. The zero-order valence-electron chi connectivity index (χ0n) is 13.6. The highest BCUT2D eigenvalue weighted by molar-refractivity contribution is 7.09. The van der Waals surface area contributed by atoms with Crippen molar-refractivity contribution >= 4 is 22.9 Å². The molecule has 0 unspecified atom stereocenters. The lowest BCUT2D eigenvalue weighted by Crippen LogP contribution is -2.20. The molecule has 0 spiro atoms. The number of aryl methyl sites for hydroxylation is 2. The van der Waals surface area contributed by atoms with Crippen molar-refractivity contribution in [2.24, 2.45) is 0 Å². The van der Waals surface area contributed by atoms with Crippen LogP contribution in [-0.2, 0) is 4.79 Å². The molecule has 4 nitrogen and oxygen atoms in total. The van der Waals surface area contributed by atoms with Crippen molar-refractivity contribution in [3.8, 4) is 17.0 Å². The molecule has 1 N–H and O–H groups in total. The van der Waals surface area contributed by atoms with E-state index in [-0.39, 0.29) is 12.5 Å². The fourth-order valence-electron chi connectivity index (χ4n) is 2.23. The molecule has 122 valence electrons. The predicted molar refractivity (Wildman–Crippen MR) is 97.6 cm³/mol. The number of hydrogen-bond donors (Lipinski definition) is 1. The topological polar surface area (TPSA) is 51.2 Å². The van der Waals surface area contributed by atoms with Crippen molar-refractivity contribution in [1.82, 2.24) is 4.98 Å². The molecule has 0 aliphatic carbocycles. The van der Waals surface area contributed by atoms with E-state index in [2.05, 4.69) is 10.3 Å². The summed E-state index contributed by atoms with van der Waals surface area (Å²) in [5.74, 6) is 0.490. The molecule has 0 saturated carbocycles. The van der Waals surface area contributed by atoms with Crippen LogP contribution in [0.15, 0.2) is 53.9 Å². The van der Waals surface area contributed by atoms with Crippen LogP contribution in [0, 0.1) is 13.8 Å². The first-order valence-corrected chi connectivity index (χ1v) is 8.50. The summed E-state index contributed by atoms with van der Waals surface area (Å²) in [6.07, 6.45) is 0. The van der Waals surface area contributed by atoms with Crippen molar-refractivity contribution in [1.29, 1.82) is 0 Å². The smallest absolute Gasteiger partial charge is 0.262 e. The first-order valence-electron chi connectivity index (χ1n) is 7.62. The van der Waals surface area contributed by atoms with Gasteiger partial charge in [-0.1, -0.05) is 29.8 Å². The molecule has 0 bridgehead atoms. The lowest BCUT2D eigenvalue weighted by atomic mass is 10.1. The fraction of sp³-hybridized carbons (Fsp3) is 0.158. The van der Waals surface area contributed by atoms with Gasteiger partial charge >= 0.3 is 0 Å². The molecule has 3 rings (SSSR count). The number of nitrogens with one attached hydrogen (secondary N) is 1. The minimum atomic E-state index is -0.192. The van der Waals surface area contributed by atoms with Gasteiger partial charge in [0.05, 0.1) is 10.7 Å². The first kappa shape index (κ1) is 16.2. The lowest BCUT2D eigenvalue weighted by Gasteiger charge is -2.08. The second-order valence-corrected chi connectivity index (χ2v) is 6.54. The minimum Gasteiger partial charge on any atom is -0.484 e. The van der Waals surface area contributed by atoms with E-state index < -0.39 is 0 Å². The van der Waals surface area contributed by atoms with Gasteiger partial charge in [-0.2, -0.15) is 0 Å². The summed E-state index contributed by atoms with van der Waals surface area (Å²) in [7, 11) is 0. The molecule has 0 fully saturated rings. The number of ether oxygens (including phenoxy) is 1. The normalized spacial score (nSPS) is 10.4. The standard InChI is InChI=1S/C19H18N2O2S/c1-13-6-8-17(9-7-13)23-11-19(22)21-16-5-3-4-15(10-16)18-12-24-14(2)20-18/h3-10,12H,11H2,1-2H3,(H,21,22). The monoisotopic (exact) mass is 338 g/mol. The molecule has 0 aliphatic rings. The van der Waals surface area contributed by atoms with Crippen molar-refractivity contribution in [3.05, 3.63) is 64.5 Å². The van der Waals surface area contributed by atoms with E-state index in [0.717, 1.165) is 27.5 Å². The van der Waals surface area contributed by atoms with Crippen LogP contribution in [0.25, 0.3) is 11.3 Å². The highest BCUT2D eigenvalue weighted by atomic mass is 32.1. The van der Waals surface area contributed by atoms with Crippen LogP contribution in [0.5, 0.6) is 5.75 Å². The summed E-state index contributed by atoms with van der Waals surface area (Å²) < 4.78 is 5.49. The first-order chi connectivity index (χ1) is 11.6. The number of carbonyl (C=O) groups is 1. The number of anilines is 1. The Morgan fingerprint density at radius 1 is 1.17 bits per heavy atom. The third-order valence-electron chi connectivity index (χ3n) is 3.45. The Bertz CT molecular complexity index is 841. The van der Waals surface area contributed by atoms with E-state index in [0.29, 0.717) is 5.75 Å². The zero-order chi connectivity index (χ0) is 16.9. The minimum absolute atomic E-state index is 0.0247. The van der Waals surface area contributed by atoms with Gasteiger partial charge in [0.1, 0.15) is 5.75 Å². The van der Waals surface area contributed by atoms with E-state index in [9.17, 15) is 4.79 Å². The number of carbonyl (C=O) groups excluding carboxylic acids is 1. The Labute approximate surface area is 145 Å². The summed E-state index contributed by atoms with van der Waals surface area (Å²) >= 11 is 1.61. The van der Waals surface area contributed by atoms with Gasteiger partial charge in [0.25, 0.3) is 5.91 Å². The third kappa shape index (κ3) is 4.20. The van der Waals surface area contributed by atoms with Gasteiger partial charge < -0.3 is 10.1 Å². The second kappa shape index (κ2) is 7.27. The average Bonchev–Trinajstić information content (AvgIpc) is 3.01. The van der Waals surface area contributed by atoms with Gasteiger partial charge in [-0.15, -0.1) is 11.3 Å². The van der Waals surface area contributed by atoms with Crippen molar-refractivity contribution in [2.75, 3.05) is 11.9 Å². The van der Waals surface area contributed by atoms with Gasteiger partial charge in [-0.25, -0.2) is 4.98 Å². The molecule has 0 radical (unpaired) electrons. The van der Waals surface area contributed by atoms with Gasteiger partial charge in [0.15, 0.2) is 6.61 Å². The van der Waals surface area contributed by atoms with Crippen molar-refractivity contribution in [3.63, 3.8) is 0 Å². The van der Waals surface area contributed by atoms with E-state index in [1.54, 1.807) is 11.3 Å². The highest BCUT2D eigenvalue weighted by Crippen LogP contribution is 2.24. The maximum absolute atomic E-state index is 12.1. The zero-order valence-corrected chi connectivity index (χ0v) is 14.4. The van der Waals surface area contributed by atoms with E-state index in [4.69, 9.17) is 4.74 Å². The molecular formula is C19H18N2O2S. The number of amides is 1. The van der Waals surface area contributed by atoms with Crippen molar-refractivity contribution < 1.29 is 9.53 Å². The summed E-state index contributed by atoms with van der Waals surface area (Å²) in [4.78, 5) is 16.5. The molecule has 24 heavy (non-hydrogen) atoms. The van der Waals surface area contributed by atoms with Crippen LogP contribution in [0.1, 0.15) is 10.6 Å². The summed E-state index contributed by atoms with van der Waals surface area (Å²) in [6.45, 7) is 3.96. The summed E-state index contributed by atoms with van der Waals surface area (Å²) in [5, 5.41) is 5.88. The third-order valence-corrected chi connectivity index (χ3v) is 4.23. The molecule has 3 aromatic rings. The van der Waals surface area contributed by atoms with E-state index >= 15 is 0 Å². The number of aromatic nitrogens is 1. The number of benzene rings is 2. The molecule has 5 heteroatoms. The van der Waals surface area contributed by atoms with Crippen LogP contribution in [0.3, 0.4) is 0 Å². The molecule has 1 heterocycles. The number of rotatable bonds is 5. The van der Waals surface area contributed by atoms with Crippen LogP contribution >= 0.6 is 11.3 Å². The molecule has 1 amide bonds.